The number of hydrogen-bond acceptors (Lipinski definition) is 6. The molecule has 1 saturated heterocycles. The van der Waals surface area contributed by atoms with Crippen molar-refractivity contribution in [1.29, 1.82) is 5.41 Å². The van der Waals surface area contributed by atoms with Crippen LogP contribution in [-0.4, -0.2) is 52.4 Å². The molecule has 27 heavy (non-hydrogen) atoms. The van der Waals surface area contributed by atoms with Gasteiger partial charge in [0.25, 0.3) is 5.91 Å². The summed E-state index contributed by atoms with van der Waals surface area (Å²) in [7, 11) is 0. The highest BCUT2D eigenvalue weighted by atomic mass is 32.1. The number of nitrogens with two attached hydrogens (primary N) is 1. The zero-order valence-electron chi connectivity index (χ0n) is 14.6. The number of hydrogen-bond donors (Lipinski definition) is 3. The van der Waals surface area contributed by atoms with E-state index in [2.05, 4.69) is 4.98 Å². The number of amides is 1. The average molecular weight is 388 g/mol. The number of aliphatic carboxylic acids is 1. The predicted octanol–water partition coefficient (Wildman–Crippen LogP) is 1.80. The number of thiazole rings is 1. The molecule has 1 aromatic carbocycles. The van der Waals surface area contributed by atoms with Gasteiger partial charge in [-0.25, -0.2) is 4.98 Å². The number of aromatic nitrogens is 1. The fourth-order valence-electron chi connectivity index (χ4n) is 2.84. The predicted molar refractivity (Wildman–Crippen MR) is 101 cm³/mol. The van der Waals surface area contributed by atoms with Crippen LogP contribution >= 0.6 is 11.3 Å². The second kappa shape index (κ2) is 8.17. The number of benzene rings is 1. The number of nitrogen functional groups attached to an aromatic ring is 1. The largest absolute Gasteiger partial charge is 0.484 e. The van der Waals surface area contributed by atoms with Gasteiger partial charge in [0.15, 0.2) is 6.61 Å². The van der Waals surface area contributed by atoms with E-state index >= 15 is 0 Å². The lowest BCUT2D eigenvalue weighted by atomic mass is 9.97. The molecule has 2 aromatic rings. The summed E-state index contributed by atoms with van der Waals surface area (Å²) in [6.45, 7) is 0.810. The number of nitrogens with zero attached hydrogens (tertiary/aromatic N) is 2. The second-order valence-corrected chi connectivity index (χ2v) is 7.28. The van der Waals surface area contributed by atoms with Crippen LogP contribution in [0.2, 0.25) is 0 Å². The van der Waals surface area contributed by atoms with Crippen LogP contribution in [0.5, 0.6) is 5.75 Å². The van der Waals surface area contributed by atoms with Crippen LogP contribution < -0.4 is 10.5 Å². The third-order valence-electron chi connectivity index (χ3n) is 4.43. The van der Waals surface area contributed by atoms with Crippen molar-refractivity contribution in [3.05, 3.63) is 35.3 Å². The fourth-order valence-corrected chi connectivity index (χ4v) is 3.62. The summed E-state index contributed by atoms with van der Waals surface area (Å²) in [6, 6.07) is 7.18. The number of ether oxygens (including phenoxy) is 1. The standard InChI is InChI=1S/C18H20N4O4S/c19-16(20)14-9-21-17(27-14)11-1-3-13(4-2-11)26-10-15(23)22-7-5-12(6-8-22)18(24)25/h1-4,9,12H,5-8,10H2,(H3,19,20)(H,24,25). The summed E-state index contributed by atoms with van der Waals surface area (Å²) in [4.78, 5) is 29.7. The maximum absolute atomic E-state index is 12.2. The number of rotatable bonds is 6. The molecule has 0 saturated carbocycles. The lowest BCUT2D eigenvalue weighted by Gasteiger charge is -2.30. The summed E-state index contributed by atoms with van der Waals surface area (Å²) < 4.78 is 5.55. The minimum Gasteiger partial charge on any atom is -0.484 e. The topological polar surface area (TPSA) is 130 Å². The van der Waals surface area contributed by atoms with Gasteiger partial charge in [-0.3, -0.25) is 15.0 Å². The summed E-state index contributed by atoms with van der Waals surface area (Å²) in [6.07, 6.45) is 2.52. The van der Waals surface area contributed by atoms with E-state index in [9.17, 15) is 9.59 Å². The van der Waals surface area contributed by atoms with Crippen molar-refractivity contribution in [2.24, 2.45) is 11.7 Å². The first-order chi connectivity index (χ1) is 12.9. The summed E-state index contributed by atoms with van der Waals surface area (Å²) in [5.41, 5.74) is 6.33. The van der Waals surface area contributed by atoms with E-state index in [0.717, 1.165) is 10.6 Å². The molecule has 3 rings (SSSR count). The highest BCUT2D eigenvalue weighted by Gasteiger charge is 2.27. The van der Waals surface area contributed by atoms with E-state index in [0.29, 0.717) is 36.6 Å². The van der Waals surface area contributed by atoms with Crippen LogP contribution in [0.25, 0.3) is 10.6 Å². The van der Waals surface area contributed by atoms with E-state index in [-0.39, 0.29) is 24.3 Å². The molecule has 2 heterocycles. The highest BCUT2D eigenvalue weighted by molar-refractivity contribution is 7.16. The van der Waals surface area contributed by atoms with Gasteiger partial charge in [0, 0.05) is 24.8 Å². The summed E-state index contributed by atoms with van der Waals surface area (Å²) in [5, 5.41) is 17.2. The molecular formula is C18H20N4O4S. The van der Waals surface area contributed by atoms with Crippen LogP contribution in [-0.2, 0) is 9.59 Å². The Bertz CT molecular complexity index is 841. The second-order valence-electron chi connectivity index (χ2n) is 6.25. The molecule has 0 aliphatic carbocycles. The fraction of sp³-hybridized carbons (Fsp3) is 0.333. The molecule has 1 aromatic heterocycles. The number of carbonyl (C=O) groups excluding carboxylic acids is 1. The first kappa shape index (κ1) is 18.8. The van der Waals surface area contributed by atoms with Crippen molar-refractivity contribution in [3.8, 4) is 16.3 Å². The maximum Gasteiger partial charge on any atom is 0.306 e. The Kier molecular flexibility index (Phi) is 5.70. The molecule has 4 N–H and O–H groups in total. The number of amidine groups is 1. The van der Waals surface area contributed by atoms with Crippen molar-refractivity contribution in [2.75, 3.05) is 19.7 Å². The Labute approximate surface area is 160 Å². The van der Waals surface area contributed by atoms with Gasteiger partial charge < -0.3 is 20.5 Å². The number of piperidine rings is 1. The van der Waals surface area contributed by atoms with Gasteiger partial charge in [-0.2, -0.15) is 0 Å². The first-order valence-corrected chi connectivity index (χ1v) is 9.29. The monoisotopic (exact) mass is 388 g/mol. The third-order valence-corrected chi connectivity index (χ3v) is 5.51. The zero-order chi connectivity index (χ0) is 19.4. The molecule has 1 aliphatic rings. The van der Waals surface area contributed by atoms with Crippen molar-refractivity contribution >= 4 is 29.0 Å². The summed E-state index contributed by atoms with van der Waals surface area (Å²) >= 11 is 1.34. The van der Waals surface area contributed by atoms with Gasteiger partial charge in [-0.05, 0) is 37.1 Å². The molecule has 8 nitrogen and oxygen atoms in total. The minimum absolute atomic E-state index is 0.00963. The van der Waals surface area contributed by atoms with Crippen LogP contribution in [0, 0.1) is 11.3 Å². The van der Waals surface area contributed by atoms with E-state index in [4.69, 9.17) is 21.0 Å². The van der Waals surface area contributed by atoms with Crippen molar-refractivity contribution in [1.82, 2.24) is 9.88 Å². The average Bonchev–Trinajstić information content (AvgIpc) is 3.17. The quantitative estimate of drug-likeness (QED) is 0.511. The lowest BCUT2D eigenvalue weighted by Crippen LogP contribution is -2.42. The molecule has 9 heteroatoms. The Morgan fingerprint density at radius 3 is 2.52 bits per heavy atom. The molecule has 1 fully saturated rings. The van der Waals surface area contributed by atoms with E-state index in [1.807, 2.05) is 12.1 Å². The lowest BCUT2D eigenvalue weighted by molar-refractivity contribution is -0.146. The molecule has 0 bridgehead atoms. The van der Waals surface area contributed by atoms with Gasteiger partial charge in [0.1, 0.15) is 16.6 Å². The normalized spacial score (nSPS) is 14.7. The van der Waals surface area contributed by atoms with E-state index in [1.54, 1.807) is 23.2 Å². The van der Waals surface area contributed by atoms with Crippen molar-refractivity contribution in [3.63, 3.8) is 0 Å². The van der Waals surface area contributed by atoms with E-state index in [1.165, 1.54) is 11.3 Å². The van der Waals surface area contributed by atoms with Gasteiger partial charge in [-0.15, -0.1) is 11.3 Å². The molecule has 1 amide bonds. The third kappa shape index (κ3) is 4.62. The Balaban J connectivity index is 1.52. The van der Waals surface area contributed by atoms with Crippen molar-refractivity contribution in [2.45, 2.75) is 12.8 Å². The maximum atomic E-state index is 12.2. The molecule has 0 unspecified atom stereocenters. The van der Waals surface area contributed by atoms with Crippen LogP contribution in [0.15, 0.2) is 30.5 Å². The number of carboxylic acids is 1. The first-order valence-electron chi connectivity index (χ1n) is 8.48. The number of carboxylic acid groups (broad SMARTS) is 1. The molecule has 0 radical (unpaired) electrons. The molecule has 1 aliphatic heterocycles. The molecule has 0 atom stereocenters. The molecule has 142 valence electrons. The van der Waals surface area contributed by atoms with Crippen LogP contribution in [0.3, 0.4) is 0 Å². The smallest absolute Gasteiger partial charge is 0.306 e. The Morgan fingerprint density at radius 1 is 1.30 bits per heavy atom. The minimum atomic E-state index is -0.797. The zero-order valence-corrected chi connectivity index (χ0v) is 15.4. The highest BCUT2D eigenvalue weighted by Crippen LogP contribution is 2.26. The van der Waals surface area contributed by atoms with Crippen LogP contribution in [0.1, 0.15) is 17.7 Å². The van der Waals surface area contributed by atoms with Gasteiger partial charge in [0.2, 0.25) is 0 Å². The van der Waals surface area contributed by atoms with Gasteiger partial charge in [-0.1, -0.05) is 0 Å². The number of nitrogens with one attached hydrogen (secondary N) is 1. The number of likely N-dealkylation sites (tertiary alicyclic amines) is 1. The molecule has 0 spiro atoms. The van der Waals surface area contributed by atoms with Crippen LogP contribution in [0.4, 0.5) is 0 Å². The van der Waals surface area contributed by atoms with Gasteiger partial charge in [0.05, 0.1) is 10.8 Å². The SMILES string of the molecule is N=C(N)c1cnc(-c2ccc(OCC(=O)N3CCC(C(=O)O)CC3)cc2)s1. The van der Waals surface area contributed by atoms with Crippen molar-refractivity contribution < 1.29 is 19.4 Å². The van der Waals surface area contributed by atoms with E-state index < -0.39 is 5.97 Å². The molecular weight excluding hydrogens is 368 g/mol. The number of carbonyl (C=O) groups is 2. The Morgan fingerprint density at radius 2 is 1.96 bits per heavy atom. The Hall–Kier alpha value is -2.94. The van der Waals surface area contributed by atoms with Gasteiger partial charge >= 0.3 is 5.97 Å². The summed E-state index contributed by atoms with van der Waals surface area (Å²) in [5.74, 6) is -0.750.